The number of piperidine rings is 3. The third-order valence-corrected chi connectivity index (χ3v) is 7.65. The molecule has 0 spiro atoms. The zero-order valence-electron chi connectivity index (χ0n) is 17.3. The van der Waals surface area contributed by atoms with Gasteiger partial charge in [-0.05, 0) is 73.6 Å². The average molecular weight is 536 g/mol. The van der Waals surface area contributed by atoms with E-state index in [1.165, 1.54) is 24.2 Å². The topological polar surface area (TPSA) is 73.5 Å². The van der Waals surface area contributed by atoms with Crippen LogP contribution in [0.15, 0.2) is 53.0 Å². The second kappa shape index (κ2) is 9.79. The van der Waals surface area contributed by atoms with Crippen LogP contribution in [0.2, 0.25) is 0 Å². The van der Waals surface area contributed by atoms with E-state index >= 15 is 0 Å². The Morgan fingerprint density at radius 3 is 2.44 bits per heavy atom. The summed E-state index contributed by atoms with van der Waals surface area (Å²) in [6, 6.07) is 15.0. The minimum absolute atomic E-state index is 0. The van der Waals surface area contributed by atoms with Crippen molar-refractivity contribution in [3.8, 4) is 0 Å². The molecule has 1 atom stereocenters. The van der Waals surface area contributed by atoms with Gasteiger partial charge in [0.25, 0.3) is 5.91 Å². The van der Waals surface area contributed by atoms with E-state index in [1.54, 1.807) is 0 Å². The van der Waals surface area contributed by atoms with Gasteiger partial charge in [0, 0.05) is 33.1 Å². The Balaban J connectivity index is 0.00000245. The van der Waals surface area contributed by atoms with Crippen molar-refractivity contribution in [3.63, 3.8) is 0 Å². The number of nitrogens with one attached hydrogen (secondary N) is 3. The van der Waals surface area contributed by atoms with Crippen molar-refractivity contribution >= 4 is 73.1 Å². The minimum atomic E-state index is -0.311. The molecule has 0 aliphatic carbocycles. The van der Waals surface area contributed by atoms with Crippen molar-refractivity contribution in [2.75, 3.05) is 30.3 Å². The molecule has 2 bridgehead atoms. The highest BCUT2D eigenvalue weighted by atomic mass is 79.9. The maximum absolute atomic E-state index is 12.8. The second-order valence-corrected chi connectivity index (χ2v) is 10.2. The Labute approximate surface area is 205 Å². The van der Waals surface area contributed by atoms with Crippen molar-refractivity contribution in [1.29, 1.82) is 0 Å². The number of benzene rings is 2. The number of carbonyl (C=O) groups excluding carboxylic acids is 2. The zero-order chi connectivity index (χ0) is 21.4. The lowest BCUT2D eigenvalue weighted by atomic mass is 9.84. The number of hydrogen-bond donors (Lipinski definition) is 3. The van der Waals surface area contributed by atoms with Crippen LogP contribution >= 0.6 is 39.7 Å². The van der Waals surface area contributed by atoms with Crippen LogP contribution in [0.4, 0.5) is 16.2 Å². The molecule has 0 radical (unpaired) electrons. The Bertz CT molecular complexity index is 1150. The van der Waals surface area contributed by atoms with E-state index < -0.39 is 0 Å². The number of amides is 3. The molecule has 168 valence electrons. The summed E-state index contributed by atoms with van der Waals surface area (Å²) in [5, 5.41) is 9.93. The molecule has 4 heterocycles. The number of rotatable bonds is 4. The summed E-state index contributed by atoms with van der Waals surface area (Å²) in [6.07, 6.45) is 2.35. The highest BCUT2D eigenvalue weighted by molar-refractivity contribution is 9.10. The van der Waals surface area contributed by atoms with Gasteiger partial charge in [-0.25, -0.2) is 4.79 Å². The monoisotopic (exact) mass is 534 g/mol. The van der Waals surface area contributed by atoms with Crippen LogP contribution in [0.1, 0.15) is 22.5 Å². The Morgan fingerprint density at radius 1 is 1.00 bits per heavy atom. The molecule has 2 aromatic carbocycles. The van der Waals surface area contributed by atoms with Gasteiger partial charge in [0.05, 0.1) is 4.88 Å². The number of carbonyl (C=O) groups is 2. The first-order chi connectivity index (χ1) is 15.0. The molecule has 3 aliphatic rings. The molecule has 1 aromatic heterocycles. The first-order valence-corrected chi connectivity index (χ1v) is 12.0. The van der Waals surface area contributed by atoms with Gasteiger partial charge in [0.1, 0.15) is 0 Å². The summed E-state index contributed by atoms with van der Waals surface area (Å²) in [5.41, 5.74) is 1.39. The molecule has 3 saturated heterocycles. The van der Waals surface area contributed by atoms with E-state index in [0.717, 1.165) is 34.2 Å². The van der Waals surface area contributed by atoms with E-state index in [2.05, 4.69) is 36.8 Å². The maximum atomic E-state index is 12.8. The molecule has 0 unspecified atom stereocenters. The van der Waals surface area contributed by atoms with E-state index in [-0.39, 0.29) is 30.4 Å². The molecule has 32 heavy (non-hydrogen) atoms. The lowest BCUT2D eigenvalue weighted by Gasteiger charge is -2.44. The van der Waals surface area contributed by atoms with Crippen LogP contribution in [0.25, 0.3) is 10.1 Å². The van der Waals surface area contributed by atoms with Crippen molar-refractivity contribution in [3.05, 3.63) is 57.9 Å². The van der Waals surface area contributed by atoms with Gasteiger partial charge in [-0.15, -0.1) is 23.7 Å². The lowest BCUT2D eigenvalue weighted by molar-refractivity contribution is 0.0622. The predicted octanol–water partition coefficient (Wildman–Crippen LogP) is 5.55. The van der Waals surface area contributed by atoms with Gasteiger partial charge >= 0.3 is 6.03 Å². The SMILES string of the molecule is Cl.O=C(Nc1cccc(Br)c1)Nc1ccc2cc(C(=O)N[C@H]3CN4CCC3CC4)sc2c1. The first kappa shape index (κ1) is 23.0. The summed E-state index contributed by atoms with van der Waals surface area (Å²) < 4.78 is 1.87. The van der Waals surface area contributed by atoms with E-state index in [9.17, 15) is 9.59 Å². The summed E-state index contributed by atoms with van der Waals surface area (Å²) in [4.78, 5) is 28.3. The summed E-state index contributed by atoms with van der Waals surface area (Å²) >= 11 is 4.85. The molecule has 6 rings (SSSR count). The third-order valence-electron chi connectivity index (χ3n) is 6.06. The molecule has 3 amide bonds. The van der Waals surface area contributed by atoms with Gasteiger partial charge in [0.15, 0.2) is 0 Å². The van der Waals surface area contributed by atoms with Crippen LogP contribution in [0, 0.1) is 5.92 Å². The largest absolute Gasteiger partial charge is 0.347 e. The molecule has 6 nitrogen and oxygen atoms in total. The van der Waals surface area contributed by atoms with Crippen LogP contribution in [-0.2, 0) is 0 Å². The lowest BCUT2D eigenvalue weighted by Crippen LogP contribution is -2.57. The fraction of sp³-hybridized carbons (Fsp3) is 0.304. The van der Waals surface area contributed by atoms with Crippen LogP contribution in [0.5, 0.6) is 0 Å². The zero-order valence-corrected chi connectivity index (χ0v) is 20.5. The van der Waals surface area contributed by atoms with Gasteiger partial charge in [0.2, 0.25) is 0 Å². The number of hydrogen-bond acceptors (Lipinski definition) is 4. The van der Waals surface area contributed by atoms with Crippen molar-refractivity contribution < 1.29 is 9.59 Å². The van der Waals surface area contributed by atoms with E-state index in [4.69, 9.17) is 0 Å². The van der Waals surface area contributed by atoms with Gasteiger partial charge in [-0.1, -0.05) is 28.1 Å². The number of thiophene rings is 1. The molecule has 3 fully saturated rings. The Kier molecular flexibility index (Phi) is 7.05. The van der Waals surface area contributed by atoms with Crippen LogP contribution in [-0.4, -0.2) is 42.5 Å². The summed E-state index contributed by atoms with van der Waals surface area (Å²) in [6.45, 7) is 3.28. The fourth-order valence-electron chi connectivity index (χ4n) is 4.45. The number of halogens is 2. The number of fused-ring (bicyclic) bond motifs is 4. The normalized spacial score (nSPS) is 21.6. The molecule has 3 N–H and O–H groups in total. The number of anilines is 2. The highest BCUT2D eigenvalue weighted by Gasteiger charge is 2.35. The van der Waals surface area contributed by atoms with Crippen molar-refractivity contribution in [2.24, 2.45) is 5.92 Å². The molecule has 3 aromatic rings. The summed E-state index contributed by atoms with van der Waals surface area (Å²) in [5.74, 6) is 0.602. The maximum Gasteiger partial charge on any atom is 0.323 e. The quantitative estimate of drug-likeness (QED) is 0.410. The smallest absolute Gasteiger partial charge is 0.323 e. The Morgan fingerprint density at radius 2 is 1.75 bits per heavy atom. The first-order valence-electron chi connectivity index (χ1n) is 10.4. The fourth-order valence-corrected chi connectivity index (χ4v) is 5.85. The van der Waals surface area contributed by atoms with E-state index in [1.807, 2.05) is 48.5 Å². The third kappa shape index (κ3) is 5.09. The van der Waals surface area contributed by atoms with Crippen molar-refractivity contribution in [1.82, 2.24) is 10.2 Å². The van der Waals surface area contributed by atoms with Gasteiger partial charge in [-0.3, -0.25) is 4.79 Å². The molecule has 0 saturated carbocycles. The molecular formula is C23H24BrClN4O2S. The predicted molar refractivity (Wildman–Crippen MR) is 136 cm³/mol. The van der Waals surface area contributed by atoms with Crippen molar-refractivity contribution in [2.45, 2.75) is 18.9 Å². The standard InChI is InChI=1S/C23H23BrN4O2S.ClH/c24-16-2-1-3-17(11-16)25-23(30)26-18-5-4-15-10-21(31-20(15)12-18)22(29)27-19-13-28-8-6-14(19)7-9-28;/h1-5,10-12,14,19H,6-9,13H2,(H,27,29)(H2,25,26,30);1H/t19-;/m0./s1. The summed E-state index contributed by atoms with van der Waals surface area (Å²) in [7, 11) is 0. The molecule has 3 aliphatic heterocycles. The molecular weight excluding hydrogens is 512 g/mol. The minimum Gasteiger partial charge on any atom is -0.347 e. The second-order valence-electron chi connectivity index (χ2n) is 8.17. The number of urea groups is 1. The molecule has 9 heteroatoms. The van der Waals surface area contributed by atoms with Crippen LogP contribution in [0.3, 0.4) is 0 Å². The Hall–Kier alpha value is -2.13. The average Bonchev–Trinajstić information content (AvgIpc) is 3.18. The number of nitrogens with zero attached hydrogens (tertiary/aromatic N) is 1. The van der Waals surface area contributed by atoms with Gasteiger partial charge < -0.3 is 20.9 Å². The highest BCUT2D eigenvalue weighted by Crippen LogP contribution is 2.31. The van der Waals surface area contributed by atoms with E-state index in [0.29, 0.717) is 22.2 Å². The van der Waals surface area contributed by atoms with Crippen LogP contribution < -0.4 is 16.0 Å². The van der Waals surface area contributed by atoms with Gasteiger partial charge in [-0.2, -0.15) is 0 Å².